The summed E-state index contributed by atoms with van der Waals surface area (Å²) >= 11 is 6.55. The van der Waals surface area contributed by atoms with Crippen molar-refractivity contribution in [3.63, 3.8) is 0 Å². The molecule has 0 atom stereocenters. The topological polar surface area (TPSA) is 58.0 Å². The van der Waals surface area contributed by atoms with E-state index in [0.29, 0.717) is 0 Å². The van der Waals surface area contributed by atoms with E-state index in [0.717, 1.165) is 47.0 Å². The van der Waals surface area contributed by atoms with E-state index < -0.39 is 0 Å². The lowest BCUT2D eigenvalue weighted by molar-refractivity contribution is 0.572. The molecule has 0 radical (unpaired) electrons. The van der Waals surface area contributed by atoms with E-state index in [-0.39, 0.29) is 0 Å². The van der Waals surface area contributed by atoms with Gasteiger partial charge in [0.1, 0.15) is 20.8 Å². The van der Waals surface area contributed by atoms with Gasteiger partial charge >= 0.3 is 0 Å². The first-order valence-electron chi connectivity index (χ1n) is 9.17. The van der Waals surface area contributed by atoms with Crippen LogP contribution in [0.5, 0.6) is 0 Å². The Labute approximate surface area is 171 Å². The Balaban J connectivity index is 0.000000151. The molecule has 0 N–H and O–H groups in total. The van der Waals surface area contributed by atoms with Crippen molar-refractivity contribution in [3.8, 4) is 0 Å². The van der Waals surface area contributed by atoms with Crippen molar-refractivity contribution < 1.29 is 0 Å². The Morgan fingerprint density at radius 2 is 0.923 bits per heavy atom. The molecule has 4 rings (SSSR count). The number of rotatable bonds is 2. The number of piperidine rings is 2. The van der Waals surface area contributed by atoms with Crippen molar-refractivity contribution in [2.24, 2.45) is 0 Å². The Kier molecular flexibility index (Phi) is 7.61. The van der Waals surface area contributed by atoms with Gasteiger partial charge in [0.05, 0.1) is 24.8 Å². The minimum absolute atomic E-state index is 0.799. The van der Waals surface area contributed by atoms with Gasteiger partial charge in [-0.05, 0) is 70.4 Å². The maximum absolute atomic E-state index is 4.32. The van der Waals surface area contributed by atoms with E-state index in [2.05, 4.69) is 61.6 Å². The van der Waals surface area contributed by atoms with E-state index in [9.17, 15) is 0 Å². The fraction of sp³-hybridized carbons (Fsp3) is 0.556. The Morgan fingerprint density at radius 3 is 1.23 bits per heavy atom. The smallest absolute Gasteiger partial charge is 0.147 e. The van der Waals surface area contributed by atoms with Crippen LogP contribution in [-0.4, -0.2) is 46.1 Å². The highest BCUT2D eigenvalue weighted by atomic mass is 79.9. The van der Waals surface area contributed by atoms with Crippen molar-refractivity contribution >= 4 is 43.5 Å². The summed E-state index contributed by atoms with van der Waals surface area (Å²) in [5, 5.41) is 0. The first kappa shape index (κ1) is 19.5. The molecule has 0 bridgehead atoms. The summed E-state index contributed by atoms with van der Waals surface area (Å²) in [5.41, 5.74) is 0. The molecule has 0 spiro atoms. The van der Waals surface area contributed by atoms with Crippen molar-refractivity contribution in [2.45, 2.75) is 38.5 Å². The maximum atomic E-state index is 4.32. The summed E-state index contributed by atoms with van der Waals surface area (Å²) in [4.78, 5) is 21.6. The van der Waals surface area contributed by atoms with Gasteiger partial charge in [-0.3, -0.25) is 0 Å². The van der Waals surface area contributed by atoms with Crippen LogP contribution in [0.25, 0.3) is 0 Å². The molecule has 26 heavy (non-hydrogen) atoms. The van der Waals surface area contributed by atoms with Crippen molar-refractivity contribution in [3.05, 3.63) is 34.0 Å². The zero-order valence-electron chi connectivity index (χ0n) is 14.8. The van der Waals surface area contributed by atoms with Gasteiger partial charge in [-0.2, -0.15) is 0 Å². The molecule has 0 aromatic carbocycles. The van der Waals surface area contributed by atoms with Crippen LogP contribution in [-0.2, 0) is 0 Å². The summed E-state index contributed by atoms with van der Waals surface area (Å²) in [6.45, 7) is 4.49. The number of hydrogen-bond donors (Lipinski definition) is 0. The Bertz CT molecular complexity index is 593. The van der Waals surface area contributed by atoms with E-state index in [4.69, 9.17) is 0 Å². The number of anilines is 2. The van der Waals surface area contributed by atoms with Gasteiger partial charge in [-0.1, -0.05) is 0 Å². The minimum atomic E-state index is 0.799. The van der Waals surface area contributed by atoms with Crippen LogP contribution in [0.4, 0.5) is 11.6 Å². The summed E-state index contributed by atoms with van der Waals surface area (Å²) in [7, 11) is 0. The number of hydrogen-bond acceptors (Lipinski definition) is 6. The molecule has 2 fully saturated rings. The highest BCUT2D eigenvalue weighted by Crippen LogP contribution is 2.18. The second kappa shape index (κ2) is 10.2. The van der Waals surface area contributed by atoms with Crippen LogP contribution in [0.2, 0.25) is 0 Å². The van der Waals surface area contributed by atoms with Crippen LogP contribution in [0, 0.1) is 0 Å². The second-order valence-electron chi connectivity index (χ2n) is 6.49. The maximum Gasteiger partial charge on any atom is 0.147 e. The van der Waals surface area contributed by atoms with Gasteiger partial charge in [-0.15, -0.1) is 0 Å². The van der Waals surface area contributed by atoms with E-state index in [1.807, 2.05) is 12.4 Å². The standard InChI is InChI=1S/2C9H12BrN3/c2*10-8-6-12-9(7-11-8)13-4-2-1-3-5-13/h2*6-7H,1-5H2. The normalized spacial score (nSPS) is 17.5. The Hall–Kier alpha value is -1.28. The first-order valence-corrected chi connectivity index (χ1v) is 10.8. The van der Waals surface area contributed by atoms with Gasteiger partial charge in [0.25, 0.3) is 0 Å². The van der Waals surface area contributed by atoms with Gasteiger partial charge < -0.3 is 9.80 Å². The fourth-order valence-electron chi connectivity index (χ4n) is 3.18. The highest BCUT2D eigenvalue weighted by Gasteiger charge is 2.12. The largest absolute Gasteiger partial charge is 0.355 e. The molecular weight excluding hydrogens is 460 g/mol. The quantitative estimate of drug-likeness (QED) is 0.628. The van der Waals surface area contributed by atoms with Crippen molar-refractivity contribution in [1.82, 2.24) is 19.9 Å². The molecule has 6 nitrogen and oxygen atoms in total. The molecule has 0 saturated carbocycles. The molecule has 8 heteroatoms. The molecule has 4 heterocycles. The summed E-state index contributed by atoms with van der Waals surface area (Å²) < 4.78 is 1.60. The third kappa shape index (κ3) is 5.87. The van der Waals surface area contributed by atoms with E-state index >= 15 is 0 Å². The van der Waals surface area contributed by atoms with E-state index in [1.165, 1.54) is 38.5 Å². The third-order valence-electron chi connectivity index (χ3n) is 4.57. The van der Waals surface area contributed by atoms with Gasteiger partial charge in [-0.25, -0.2) is 19.9 Å². The first-order chi connectivity index (χ1) is 12.7. The van der Waals surface area contributed by atoms with Crippen LogP contribution in [0.15, 0.2) is 34.0 Å². The molecular formula is C18H24Br2N6. The SMILES string of the molecule is Brc1cnc(N2CCCCC2)cn1.Brc1cnc(N2CCCCC2)cn1. The average molecular weight is 484 g/mol. The summed E-state index contributed by atoms with van der Waals surface area (Å²) in [6, 6.07) is 0. The zero-order valence-corrected chi connectivity index (χ0v) is 18.0. The molecule has 0 unspecified atom stereocenters. The third-order valence-corrected chi connectivity index (χ3v) is 5.39. The summed E-state index contributed by atoms with van der Waals surface area (Å²) in [6.07, 6.45) is 15.0. The number of halogens is 2. The fourth-order valence-corrected chi connectivity index (χ4v) is 3.59. The average Bonchev–Trinajstić information content (AvgIpc) is 2.71. The van der Waals surface area contributed by atoms with Gasteiger partial charge in [0, 0.05) is 26.2 Å². The van der Waals surface area contributed by atoms with Crippen LogP contribution in [0.1, 0.15) is 38.5 Å². The second-order valence-corrected chi connectivity index (χ2v) is 8.12. The van der Waals surface area contributed by atoms with Crippen LogP contribution >= 0.6 is 31.9 Å². The lowest BCUT2D eigenvalue weighted by Crippen LogP contribution is -2.30. The number of aromatic nitrogens is 4. The highest BCUT2D eigenvalue weighted by molar-refractivity contribution is 9.10. The number of nitrogens with zero attached hydrogens (tertiary/aromatic N) is 6. The van der Waals surface area contributed by atoms with Crippen molar-refractivity contribution in [1.29, 1.82) is 0 Å². The predicted octanol–water partition coefficient (Wildman–Crippen LogP) is 4.46. The lowest BCUT2D eigenvalue weighted by Gasteiger charge is -2.27. The Morgan fingerprint density at radius 1 is 0.538 bits per heavy atom. The zero-order chi connectivity index (χ0) is 18.2. The van der Waals surface area contributed by atoms with Gasteiger partial charge in [0.15, 0.2) is 0 Å². The molecule has 140 valence electrons. The van der Waals surface area contributed by atoms with E-state index in [1.54, 1.807) is 12.4 Å². The molecule has 2 aromatic heterocycles. The molecule has 2 aromatic rings. The van der Waals surface area contributed by atoms with Gasteiger partial charge in [0.2, 0.25) is 0 Å². The molecule has 2 saturated heterocycles. The lowest BCUT2D eigenvalue weighted by atomic mass is 10.1. The monoisotopic (exact) mass is 482 g/mol. The van der Waals surface area contributed by atoms with Crippen LogP contribution < -0.4 is 9.80 Å². The van der Waals surface area contributed by atoms with Crippen molar-refractivity contribution in [2.75, 3.05) is 36.0 Å². The molecule has 2 aliphatic heterocycles. The molecule has 0 aliphatic carbocycles. The minimum Gasteiger partial charge on any atom is -0.355 e. The predicted molar refractivity (Wildman–Crippen MR) is 112 cm³/mol. The summed E-state index contributed by atoms with van der Waals surface area (Å²) in [5.74, 6) is 2.01. The van der Waals surface area contributed by atoms with Crippen LogP contribution in [0.3, 0.4) is 0 Å². The molecule has 2 aliphatic rings. The molecule has 0 amide bonds.